The quantitative estimate of drug-likeness (QED) is 0.751. The van der Waals surface area contributed by atoms with Gasteiger partial charge in [-0.3, -0.25) is 0 Å². The second-order valence-corrected chi connectivity index (χ2v) is 2.82. The van der Waals surface area contributed by atoms with E-state index in [1.54, 1.807) is 0 Å². The van der Waals surface area contributed by atoms with Crippen LogP contribution in [-0.4, -0.2) is 10.7 Å². The molecule has 1 N–H and O–H groups in total. The Morgan fingerprint density at radius 2 is 1.89 bits per heavy atom. The Labute approximate surface area is 70.3 Å². The SMILES string of the molecule is CCC(O)(/C=C/I)CC. The first kappa shape index (κ1) is 9.43. The third-order valence-electron chi connectivity index (χ3n) is 1.60. The van der Waals surface area contributed by atoms with Crippen molar-refractivity contribution in [2.75, 3.05) is 0 Å². The van der Waals surface area contributed by atoms with Crippen LogP contribution in [0, 0.1) is 0 Å². The molecule has 0 heterocycles. The Morgan fingerprint density at radius 1 is 1.44 bits per heavy atom. The summed E-state index contributed by atoms with van der Waals surface area (Å²) < 4.78 is 1.87. The zero-order valence-electron chi connectivity index (χ0n) is 5.89. The third-order valence-corrected chi connectivity index (χ3v) is 1.96. The molecule has 9 heavy (non-hydrogen) atoms. The van der Waals surface area contributed by atoms with Crippen molar-refractivity contribution < 1.29 is 5.11 Å². The topological polar surface area (TPSA) is 20.2 Å². The van der Waals surface area contributed by atoms with Gasteiger partial charge in [-0.05, 0) is 23.0 Å². The van der Waals surface area contributed by atoms with Crippen molar-refractivity contribution in [3.63, 3.8) is 0 Å². The Bertz CT molecular complexity index is 95.1. The van der Waals surface area contributed by atoms with Crippen LogP contribution >= 0.6 is 22.6 Å². The highest BCUT2D eigenvalue weighted by atomic mass is 127. The van der Waals surface area contributed by atoms with Gasteiger partial charge in [0.1, 0.15) is 0 Å². The molecule has 0 aromatic rings. The Balaban J connectivity index is 3.92. The zero-order valence-corrected chi connectivity index (χ0v) is 8.05. The van der Waals surface area contributed by atoms with E-state index in [1.165, 1.54) is 0 Å². The number of halogens is 1. The normalized spacial score (nSPS) is 12.9. The van der Waals surface area contributed by atoms with Gasteiger partial charge in [0, 0.05) is 0 Å². The van der Waals surface area contributed by atoms with E-state index in [2.05, 4.69) is 22.6 Å². The van der Waals surface area contributed by atoms with Gasteiger partial charge in [-0.15, -0.1) is 0 Å². The van der Waals surface area contributed by atoms with Crippen molar-refractivity contribution in [3.8, 4) is 0 Å². The fourth-order valence-electron chi connectivity index (χ4n) is 0.603. The summed E-state index contributed by atoms with van der Waals surface area (Å²) in [5.41, 5.74) is -0.554. The van der Waals surface area contributed by atoms with Gasteiger partial charge in [-0.25, -0.2) is 0 Å². The van der Waals surface area contributed by atoms with Crippen molar-refractivity contribution in [1.82, 2.24) is 0 Å². The number of rotatable bonds is 3. The summed E-state index contributed by atoms with van der Waals surface area (Å²) >= 11 is 2.12. The van der Waals surface area contributed by atoms with Crippen LogP contribution in [0.4, 0.5) is 0 Å². The maximum atomic E-state index is 9.54. The van der Waals surface area contributed by atoms with Crippen LogP contribution < -0.4 is 0 Å². The van der Waals surface area contributed by atoms with Crippen molar-refractivity contribution in [1.29, 1.82) is 0 Å². The van der Waals surface area contributed by atoms with Crippen LogP contribution in [0.2, 0.25) is 0 Å². The molecule has 0 aliphatic heterocycles. The summed E-state index contributed by atoms with van der Waals surface area (Å²) in [7, 11) is 0. The van der Waals surface area contributed by atoms with Gasteiger partial charge in [0.05, 0.1) is 5.60 Å². The predicted molar refractivity (Wildman–Crippen MR) is 48.7 cm³/mol. The number of hydrogen-bond donors (Lipinski definition) is 1. The summed E-state index contributed by atoms with van der Waals surface area (Å²) in [6, 6.07) is 0. The second-order valence-electron chi connectivity index (χ2n) is 2.10. The predicted octanol–water partition coefficient (Wildman–Crippen LogP) is 2.49. The molecule has 0 aromatic carbocycles. The minimum absolute atomic E-state index is 0.554. The lowest BCUT2D eigenvalue weighted by Gasteiger charge is -2.19. The van der Waals surface area contributed by atoms with Gasteiger partial charge >= 0.3 is 0 Å². The van der Waals surface area contributed by atoms with E-state index >= 15 is 0 Å². The summed E-state index contributed by atoms with van der Waals surface area (Å²) in [4.78, 5) is 0. The van der Waals surface area contributed by atoms with E-state index in [0.29, 0.717) is 0 Å². The molecular formula is C7H13IO. The molecule has 0 saturated heterocycles. The fraction of sp³-hybridized carbons (Fsp3) is 0.714. The monoisotopic (exact) mass is 240 g/mol. The van der Waals surface area contributed by atoms with Crippen LogP contribution in [0.15, 0.2) is 10.2 Å². The molecule has 0 saturated carbocycles. The highest BCUT2D eigenvalue weighted by molar-refractivity contribution is 14.1. The number of aliphatic hydroxyl groups is 1. The van der Waals surface area contributed by atoms with E-state index < -0.39 is 5.60 Å². The molecule has 2 heteroatoms. The van der Waals surface area contributed by atoms with Gasteiger partial charge in [0.15, 0.2) is 0 Å². The van der Waals surface area contributed by atoms with Crippen molar-refractivity contribution in [3.05, 3.63) is 10.2 Å². The maximum absolute atomic E-state index is 9.54. The summed E-state index contributed by atoms with van der Waals surface area (Å²) in [5, 5.41) is 9.54. The average molecular weight is 240 g/mol. The minimum atomic E-state index is -0.554. The molecule has 0 spiro atoms. The standard InChI is InChI=1S/C7H13IO/c1-3-7(9,4-2)5-6-8/h5-6,9H,3-4H2,1-2H3/b6-5+. The van der Waals surface area contributed by atoms with Gasteiger partial charge in [-0.2, -0.15) is 0 Å². The van der Waals surface area contributed by atoms with Crippen molar-refractivity contribution in [2.24, 2.45) is 0 Å². The Kier molecular flexibility index (Phi) is 4.48. The van der Waals surface area contributed by atoms with Crippen molar-refractivity contribution >= 4 is 22.6 Å². The largest absolute Gasteiger partial charge is 0.386 e. The van der Waals surface area contributed by atoms with Crippen molar-refractivity contribution in [2.45, 2.75) is 32.3 Å². The molecule has 0 bridgehead atoms. The van der Waals surface area contributed by atoms with Crippen LogP contribution in [0.5, 0.6) is 0 Å². The smallest absolute Gasteiger partial charge is 0.0829 e. The molecule has 0 atom stereocenters. The Morgan fingerprint density at radius 3 is 2.00 bits per heavy atom. The molecule has 0 aliphatic rings. The molecule has 0 aliphatic carbocycles. The van der Waals surface area contributed by atoms with Crippen LogP contribution in [0.25, 0.3) is 0 Å². The van der Waals surface area contributed by atoms with Crippen LogP contribution in [-0.2, 0) is 0 Å². The lowest BCUT2D eigenvalue weighted by molar-refractivity contribution is 0.0831. The fourth-order valence-corrected chi connectivity index (χ4v) is 1.27. The van der Waals surface area contributed by atoms with Crippen LogP contribution in [0.1, 0.15) is 26.7 Å². The second kappa shape index (κ2) is 4.28. The first-order valence-electron chi connectivity index (χ1n) is 3.19. The zero-order chi connectivity index (χ0) is 7.33. The molecule has 0 radical (unpaired) electrons. The van der Waals surface area contributed by atoms with Gasteiger partial charge in [0.2, 0.25) is 0 Å². The third kappa shape index (κ3) is 3.20. The van der Waals surface area contributed by atoms with E-state index in [9.17, 15) is 5.11 Å². The lowest BCUT2D eigenvalue weighted by Crippen LogP contribution is -2.22. The summed E-state index contributed by atoms with van der Waals surface area (Å²) in [6.07, 6.45) is 3.43. The molecule has 0 unspecified atom stereocenters. The molecule has 0 fully saturated rings. The first-order valence-corrected chi connectivity index (χ1v) is 4.43. The van der Waals surface area contributed by atoms with E-state index in [-0.39, 0.29) is 0 Å². The van der Waals surface area contributed by atoms with Gasteiger partial charge in [0.25, 0.3) is 0 Å². The highest BCUT2D eigenvalue weighted by Gasteiger charge is 2.16. The summed E-state index contributed by atoms with van der Waals surface area (Å²) in [5.74, 6) is 0. The Hall–Kier alpha value is 0.430. The van der Waals surface area contributed by atoms with E-state index in [4.69, 9.17) is 0 Å². The lowest BCUT2D eigenvalue weighted by atomic mass is 9.98. The van der Waals surface area contributed by atoms with E-state index in [1.807, 2.05) is 24.0 Å². The van der Waals surface area contributed by atoms with E-state index in [0.717, 1.165) is 12.8 Å². The molecule has 1 nitrogen and oxygen atoms in total. The average Bonchev–Trinajstić information content (AvgIpc) is 1.89. The minimum Gasteiger partial charge on any atom is -0.386 e. The summed E-state index contributed by atoms with van der Waals surface area (Å²) in [6.45, 7) is 3.97. The first-order chi connectivity index (χ1) is 4.18. The molecule has 54 valence electrons. The maximum Gasteiger partial charge on any atom is 0.0829 e. The molecule has 0 aromatic heterocycles. The highest BCUT2D eigenvalue weighted by Crippen LogP contribution is 2.16. The van der Waals surface area contributed by atoms with Gasteiger partial charge in [-0.1, -0.05) is 36.4 Å². The molecular weight excluding hydrogens is 227 g/mol. The molecule has 0 rings (SSSR count). The molecule has 0 amide bonds. The number of hydrogen-bond acceptors (Lipinski definition) is 1. The van der Waals surface area contributed by atoms with Crippen LogP contribution in [0.3, 0.4) is 0 Å². The van der Waals surface area contributed by atoms with Gasteiger partial charge < -0.3 is 5.11 Å².